The molecular formula is C23H31N3O2. The predicted molar refractivity (Wildman–Crippen MR) is 108 cm³/mol. The minimum Gasteiger partial charge on any atom is -0.333 e. The van der Waals surface area contributed by atoms with Gasteiger partial charge in [-0.1, -0.05) is 37.3 Å². The number of piperidine rings is 1. The molecule has 3 aliphatic heterocycles. The molecule has 5 rings (SSSR count). The van der Waals surface area contributed by atoms with E-state index in [1.807, 2.05) is 6.07 Å². The lowest BCUT2D eigenvalue weighted by Gasteiger charge is -2.53. The van der Waals surface area contributed by atoms with Gasteiger partial charge in [0.2, 0.25) is 11.8 Å². The van der Waals surface area contributed by atoms with Gasteiger partial charge in [0.05, 0.1) is 12.6 Å². The van der Waals surface area contributed by atoms with E-state index >= 15 is 0 Å². The van der Waals surface area contributed by atoms with Gasteiger partial charge in [-0.15, -0.1) is 0 Å². The molecule has 1 aromatic rings. The topological polar surface area (TPSA) is 52.7 Å². The Kier molecular flexibility index (Phi) is 4.46. The third-order valence-electron chi connectivity index (χ3n) is 7.83. The molecule has 28 heavy (non-hydrogen) atoms. The van der Waals surface area contributed by atoms with E-state index in [2.05, 4.69) is 41.4 Å². The van der Waals surface area contributed by atoms with E-state index in [-0.39, 0.29) is 35.9 Å². The second-order valence-corrected chi connectivity index (χ2v) is 9.46. The summed E-state index contributed by atoms with van der Waals surface area (Å²) in [6.45, 7) is 3.37. The highest BCUT2D eigenvalue weighted by molar-refractivity contribution is 5.86. The van der Waals surface area contributed by atoms with Crippen LogP contribution in [0.3, 0.4) is 0 Å². The fourth-order valence-corrected chi connectivity index (χ4v) is 6.45. The van der Waals surface area contributed by atoms with Crippen molar-refractivity contribution in [2.45, 2.75) is 76.0 Å². The summed E-state index contributed by atoms with van der Waals surface area (Å²) in [4.78, 5) is 29.7. The molecule has 1 saturated carbocycles. The van der Waals surface area contributed by atoms with Crippen LogP contribution in [0, 0.1) is 5.41 Å². The number of amides is 2. The molecule has 0 spiro atoms. The highest BCUT2D eigenvalue weighted by Crippen LogP contribution is 2.52. The molecule has 150 valence electrons. The predicted octanol–water partition coefficient (Wildman–Crippen LogP) is 2.35. The summed E-state index contributed by atoms with van der Waals surface area (Å²) < 4.78 is 0. The molecule has 0 unspecified atom stereocenters. The van der Waals surface area contributed by atoms with Crippen molar-refractivity contribution in [1.29, 1.82) is 0 Å². The lowest BCUT2D eigenvalue weighted by molar-refractivity contribution is -0.148. The van der Waals surface area contributed by atoms with E-state index in [9.17, 15) is 9.59 Å². The van der Waals surface area contributed by atoms with Crippen molar-refractivity contribution < 1.29 is 9.59 Å². The Balaban J connectivity index is 1.46. The van der Waals surface area contributed by atoms with Gasteiger partial charge in [-0.25, -0.2) is 0 Å². The van der Waals surface area contributed by atoms with Crippen LogP contribution in [0.5, 0.6) is 0 Å². The van der Waals surface area contributed by atoms with Crippen LogP contribution in [0.25, 0.3) is 0 Å². The van der Waals surface area contributed by atoms with Crippen molar-refractivity contribution >= 4 is 11.8 Å². The molecule has 4 aliphatic rings. The van der Waals surface area contributed by atoms with E-state index in [0.717, 1.165) is 32.2 Å². The zero-order chi connectivity index (χ0) is 19.3. The molecule has 1 N–H and O–H groups in total. The quantitative estimate of drug-likeness (QED) is 0.871. The number of hydrogen-bond acceptors (Lipinski definition) is 3. The highest BCUT2D eigenvalue weighted by Gasteiger charge is 2.60. The van der Waals surface area contributed by atoms with Crippen LogP contribution >= 0.6 is 0 Å². The second kappa shape index (κ2) is 6.87. The van der Waals surface area contributed by atoms with E-state index < -0.39 is 0 Å². The Morgan fingerprint density at radius 2 is 2.04 bits per heavy atom. The fourth-order valence-electron chi connectivity index (χ4n) is 6.45. The van der Waals surface area contributed by atoms with Gasteiger partial charge in [0, 0.05) is 36.5 Å². The first-order chi connectivity index (χ1) is 13.6. The summed E-state index contributed by atoms with van der Waals surface area (Å²) in [5, 5.41) is 3.91. The minimum absolute atomic E-state index is 0.138. The summed E-state index contributed by atoms with van der Waals surface area (Å²) >= 11 is 0. The second-order valence-electron chi connectivity index (χ2n) is 9.46. The van der Waals surface area contributed by atoms with E-state index in [1.54, 1.807) is 4.90 Å². The monoisotopic (exact) mass is 381 g/mol. The SMILES string of the molecule is C[C@]12C[C@@H]3N[C@H]1CCC[C@H]2N(C(=O)CN1CCCC1=O)[C@@H]3Cc1ccccc1. The summed E-state index contributed by atoms with van der Waals surface area (Å²) in [6, 6.07) is 11.9. The van der Waals surface area contributed by atoms with Gasteiger partial charge < -0.3 is 15.1 Å². The van der Waals surface area contributed by atoms with E-state index in [4.69, 9.17) is 0 Å². The minimum atomic E-state index is 0.138. The maximum atomic E-state index is 13.6. The summed E-state index contributed by atoms with van der Waals surface area (Å²) in [7, 11) is 0. The van der Waals surface area contributed by atoms with Crippen molar-refractivity contribution in [1.82, 2.24) is 15.1 Å². The van der Waals surface area contributed by atoms with Crippen LogP contribution < -0.4 is 5.32 Å². The number of benzene rings is 1. The van der Waals surface area contributed by atoms with Crippen LogP contribution in [0.15, 0.2) is 30.3 Å². The lowest BCUT2D eigenvalue weighted by atomic mass is 9.64. The number of likely N-dealkylation sites (tertiary alicyclic amines) is 2. The van der Waals surface area contributed by atoms with Gasteiger partial charge in [-0.2, -0.15) is 0 Å². The average Bonchev–Trinajstić information content (AvgIpc) is 3.24. The Hall–Kier alpha value is -1.88. The largest absolute Gasteiger partial charge is 0.333 e. The van der Waals surface area contributed by atoms with Crippen LogP contribution in [-0.2, 0) is 16.0 Å². The van der Waals surface area contributed by atoms with Gasteiger partial charge in [0.25, 0.3) is 0 Å². The first-order valence-electron chi connectivity index (χ1n) is 11.0. The Morgan fingerprint density at radius 3 is 2.79 bits per heavy atom. The molecule has 5 nitrogen and oxygen atoms in total. The van der Waals surface area contributed by atoms with E-state index in [1.165, 1.54) is 18.4 Å². The fraction of sp³-hybridized carbons (Fsp3) is 0.652. The van der Waals surface area contributed by atoms with Crippen molar-refractivity contribution in [3.8, 4) is 0 Å². The number of carbonyl (C=O) groups is 2. The molecule has 1 aromatic carbocycles. The smallest absolute Gasteiger partial charge is 0.242 e. The van der Waals surface area contributed by atoms with Crippen molar-refractivity contribution in [3.63, 3.8) is 0 Å². The van der Waals surface area contributed by atoms with Crippen molar-refractivity contribution in [2.24, 2.45) is 5.41 Å². The Morgan fingerprint density at radius 1 is 1.21 bits per heavy atom. The molecule has 5 atom stereocenters. The molecule has 0 aromatic heterocycles. The van der Waals surface area contributed by atoms with Crippen LogP contribution in [-0.4, -0.2) is 58.9 Å². The third kappa shape index (κ3) is 2.86. The highest BCUT2D eigenvalue weighted by atomic mass is 16.2. The first-order valence-corrected chi connectivity index (χ1v) is 11.0. The van der Waals surface area contributed by atoms with Crippen LogP contribution in [0.1, 0.15) is 51.0 Å². The van der Waals surface area contributed by atoms with Crippen molar-refractivity contribution in [2.75, 3.05) is 13.1 Å². The van der Waals surface area contributed by atoms with E-state index in [0.29, 0.717) is 18.5 Å². The Bertz CT molecular complexity index is 766. The molecule has 2 amide bonds. The first kappa shape index (κ1) is 18.2. The summed E-state index contributed by atoms with van der Waals surface area (Å²) in [5.74, 6) is 0.292. The number of nitrogens with one attached hydrogen (secondary N) is 1. The number of fused-ring (bicyclic) bond motifs is 1. The number of rotatable bonds is 4. The molecule has 0 radical (unpaired) electrons. The normalized spacial score (nSPS) is 36.8. The Labute approximate surface area is 167 Å². The zero-order valence-electron chi connectivity index (χ0n) is 16.8. The number of hydrogen-bond donors (Lipinski definition) is 1. The van der Waals surface area contributed by atoms with Crippen LogP contribution in [0.4, 0.5) is 0 Å². The molecule has 3 heterocycles. The lowest BCUT2D eigenvalue weighted by Crippen LogP contribution is -2.64. The van der Waals surface area contributed by atoms with Gasteiger partial charge in [-0.05, 0) is 44.1 Å². The van der Waals surface area contributed by atoms with Gasteiger partial charge in [0.15, 0.2) is 0 Å². The van der Waals surface area contributed by atoms with Gasteiger partial charge in [-0.3, -0.25) is 9.59 Å². The zero-order valence-corrected chi connectivity index (χ0v) is 16.8. The number of carbonyl (C=O) groups excluding carboxylic acids is 2. The molecular weight excluding hydrogens is 350 g/mol. The maximum absolute atomic E-state index is 13.6. The molecule has 3 saturated heterocycles. The summed E-state index contributed by atoms with van der Waals surface area (Å²) in [5.41, 5.74) is 1.45. The molecule has 4 fully saturated rings. The number of nitrogens with zero attached hydrogens (tertiary/aromatic N) is 2. The summed E-state index contributed by atoms with van der Waals surface area (Å²) in [6.07, 6.45) is 7.00. The third-order valence-corrected chi connectivity index (χ3v) is 7.83. The molecule has 2 bridgehead atoms. The van der Waals surface area contributed by atoms with Gasteiger partial charge in [0.1, 0.15) is 0 Å². The standard InChI is InChI=1S/C23H31N3O2/c1-23-14-17-18(13-16-7-3-2-4-8-16)26(20(23)10-5-9-19(23)24-17)22(28)15-25-12-6-11-21(25)27/h2-4,7-8,17-20,24H,5-6,9-15H2,1H3/t17-,18+,19-,20+,23-/m0/s1. The molecule has 5 heteroatoms. The maximum Gasteiger partial charge on any atom is 0.242 e. The van der Waals surface area contributed by atoms with Gasteiger partial charge >= 0.3 is 0 Å². The van der Waals surface area contributed by atoms with Crippen LogP contribution in [0.2, 0.25) is 0 Å². The average molecular weight is 382 g/mol. The molecule has 1 aliphatic carbocycles. The van der Waals surface area contributed by atoms with Crippen molar-refractivity contribution in [3.05, 3.63) is 35.9 Å².